The van der Waals surface area contributed by atoms with Crippen molar-refractivity contribution in [1.82, 2.24) is 0 Å². The molecule has 1 aromatic rings. The Kier molecular flexibility index (Phi) is 2.58. The monoisotopic (exact) mass is 278 g/mol. The van der Waals surface area contributed by atoms with Crippen LogP contribution in [-0.4, -0.2) is 10.7 Å². The fourth-order valence-electron chi connectivity index (χ4n) is 1.41. The smallest absolute Gasteiger partial charge is 0.143 e. The molecule has 0 saturated heterocycles. The van der Waals surface area contributed by atoms with E-state index in [0.29, 0.717) is 10.9 Å². The molecular formula is C10H9BrClFO. The van der Waals surface area contributed by atoms with Gasteiger partial charge in [-0.2, -0.15) is 0 Å². The highest BCUT2D eigenvalue weighted by Gasteiger charge is 2.40. The van der Waals surface area contributed by atoms with E-state index in [2.05, 4.69) is 15.9 Å². The van der Waals surface area contributed by atoms with Crippen molar-refractivity contribution in [3.05, 3.63) is 33.0 Å². The first-order valence-electron chi connectivity index (χ1n) is 4.36. The van der Waals surface area contributed by atoms with Gasteiger partial charge in [-0.3, -0.25) is 0 Å². The number of aliphatic hydroxyl groups is 1. The van der Waals surface area contributed by atoms with E-state index in [9.17, 15) is 9.50 Å². The minimum atomic E-state index is -0.598. The summed E-state index contributed by atoms with van der Waals surface area (Å²) in [6, 6.07) is 3.13. The maximum atomic E-state index is 13.2. The molecule has 0 aliphatic heterocycles. The van der Waals surface area contributed by atoms with Gasteiger partial charge < -0.3 is 5.11 Å². The Morgan fingerprint density at radius 3 is 2.64 bits per heavy atom. The second-order valence-electron chi connectivity index (χ2n) is 3.77. The largest absolute Gasteiger partial charge is 0.390 e. The SMILES string of the molecule is OC1(Cc2cc(F)c(Cl)c(Br)c2)CC1. The van der Waals surface area contributed by atoms with Crippen LogP contribution < -0.4 is 0 Å². The number of hydrogen-bond acceptors (Lipinski definition) is 1. The first kappa shape index (κ1) is 10.4. The first-order valence-corrected chi connectivity index (χ1v) is 5.53. The second kappa shape index (κ2) is 3.47. The third-order valence-electron chi connectivity index (χ3n) is 2.40. The van der Waals surface area contributed by atoms with Crippen molar-refractivity contribution >= 4 is 27.5 Å². The van der Waals surface area contributed by atoms with Gasteiger partial charge >= 0.3 is 0 Å². The molecule has 1 aliphatic carbocycles. The average molecular weight is 280 g/mol. The molecule has 1 N–H and O–H groups in total. The standard InChI is InChI=1S/C10H9BrClFO/c11-7-3-6(4-8(13)9(7)12)5-10(14)1-2-10/h3-4,14H,1-2,5H2. The van der Waals surface area contributed by atoms with E-state index in [-0.39, 0.29) is 5.02 Å². The highest BCUT2D eigenvalue weighted by Crippen LogP contribution is 2.39. The third-order valence-corrected chi connectivity index (χ3v) is 3.64. The minimum Gasteiger partial charge on any atom is -0.390 e. The Bertz CT molecular complexity index is 353. The highest BCUT2D eigenvalue weighted by molar-refractivity contribution is 9.10. The van der Waals surface area contributed by atoms with Crippen LogP contribution in [0.3, 0.4) is 0 Å². The second-order valence-corrected chi connectivity index (χ2v) is 5.01. The van der Waals surface area contributed by atoms with Crippen molar-refractivity contribution in [3.63, 3.8) is 0 Å². The zero-order valence-corrected chi connectivity index (χ0v) is 9.70. The summed E-state index contributed by atoms with van der Waals surface area (Å²) in [5, 5.41) is 9.76. The van der Waals surface area contributed by atoms with E-state index in [1.807, 2.05) is 0 Å². The van der Waals surface area contributed by atoms with Crippen LogP contribution in [-0.2, 0) is 6.42 Å². The van der Waals surface area contributed by atoms with E-state index < -0.39 is 11.4 Å². The first-order chi connectivity index (χ1) is 6.50. The maximum absolute atomic E-state index is 13.2. The molecule has 1 nitrogen and oxygen atoms in total. The fraction of sp³-hybridized carbons (Fsp3) is 0.400. The highest BCUT2D eigenvalue weighted by atomic mass is 79.9. The Balaban J connectivity index is 2.26. The summed E-state index contributed by atoms with van der Waals surface area (Å²) in [6.07, 6.45) is 2.10. The van der Waals surface area contributed by atoms with Gasteiger partial charge in [0.1, 0.15) is 5.82 Å². The molecule has 0 heterocycles. The normalized spacial score (nSPS) is 18.3. The molecule has 4 heteroatoms. The lowest BCUT2D eigenvalue weighted by Gasteiger charge is -2.08. The van der Waals surface area contributed by atoms with Crippen molar-refractivity contribution in [3.8, 4) is 0 Å². The van der Waals surface area contributed by atoms with Crippen LogP contribution in [0, 0.1) is 5.82 Å². The van der Waals surface area contributed by atoms with Crippen molar-refractivity contribution in [2.24, 2.45) is 0 Å². The van der Waals surface area contributed by atoms with Crippen LogP contribution in [0.25, 0.3) is 0 Å². The van der Waals surface area contributed by atoms with Gasteiger partial charge in [0.2, 0.25) is 0 Å². The van der Waals surface area contributed by atoms with E-state index in [4.69, 9.17) is 11.6 Å². The summed E-state index contributed by atoms with van der Waals surface area (Å²) in [4.78, 5) is 0. The van der Waals surface area contributed by atoms with Crippen molar-refractivity contribution in [2.75, 3.05) is 0 Å². The zero-order chi connectivity index (χ0) is 10.3. The molecule has 0 spiro atoms. The van der Waals surface area contributed by atoms with Gasteiger partial charge in [-0.25, -0.2) is 4.39 Å². The van der Waals surface area contributed by atoms with Crippen LogP contribution in [0.1, 0.15) is 18.4 Å². The van der Waals surface area contributed by atoms with Gasteiger partial charge in [0.25, 0.3) is 0 Å². The van der Waals surface area contributed by atoms with Crippen molar-refractivity contribution in [2.45, 2.75) is 24.9 Å². The van der Waals surface area contributed by atoms with E-state index in [0.717, 1.165) is 18.4 Å². The molecule has 2 rings (SSSR count). The molecule has 0 aromatic heterocycles. The topological polar surface area (TPSA) is 20.2 Å². The van der Waals surface area contributed by atoms with Crippen molar-refractivity contribution in [1.29, 1.82) is 0 Å². The number of benzene rings is 1. The third kappa shape index (κ3) is 2.10. The minimum absolute atomic E-state index is 0.0940. The molecule has 1 fully saturated rings. The Hall–Kier alpha value is -0.120. The summed E-state index contributed by atoms with van der Waals surface area (Å²) < 4.78 is 13.7. The summed E-state index contributed by atoms with van der Waals surface area (Å²) in [5.41, 5.74) is 0.179. The van der Waals surface area contributed by atoms with E-state index in [1.54, 1.807) is 6.07 Å². The molecule has 1 aliphatic rings. The van der Waals surface area contributed by atoms with Crippen LogP contribution in [0.2, 0.25) is 5.02 Å². The lowest BCUT2D eigenvalue weighted by atomic mass is 10.1. The number of hydrogen-bond donors (Lipinski definition) is 1. The van der Waals surface area contributed by atoms with Gasteiger partial charge in [0.05, 0.1) is 10.6 Å². The van der Waals surface area contributed by atoms with E-state index >= 15 is 0 Å². The average Bonchev–Trinajstić information content (AvgIpc) is 2.79. The quantitative estimate of drug-likeness (QED) is 0.824. The summed E-state index contributed by atoms with van der Waals surface area (Å²) >= 11 is 8.82. The van der Waals surface area contributed by atoms with Crippen LogP contribution >= 0.6 is 27.5 Å². The van der Waals surface area contributed by atoms with Gasteiger partial charge in [0, 0.05) is 10.9 Å². The summed E-state index contributed by atoms with van der Waals surface area (Å²) in [7, 11) is 0. The molecule has 76 valence electrons. The molecule has 0 bridgehead atoms. The summed E-state index contributed by atoms with van der Waals surface area (Å²) in [5.74, 6) is -0.444. The number of halogens is 3. The van der Waals surface area contributed by atoms with Gasteiger partial charge in [-0.15, -0.1) is 0 Å². The van der Waals surface area contributed by atoms with Gasteiger partial charge in [-0.05, 0) is 46.5 Å². The number of rotatable bonds is 2. The molecule has 1 aromatic carbocycles. The fourth-order valence-corrected chi connectivity index (χ4v) is 2.00. The predicted octanol–water partition coefficient (Wildman–Crippen LogP) is 3.31. The van der Waals surface area contributed by atoms with Gasteiger partial charge in [0.15, 0.2) is 0 Å². The van der Waals surface area contributed by atoms with Crippen molar-refractivity contribution < 1.29 is 9.50 Å². The van der Waals surface area contributed by atoms with Crippen LogP contribution in [0.5, 0.6) is 0 Å². The summed E-state index contributed by atoms with van der Waals surface area (Å²) in [6.45, 7) is 0. The molecule has 0 atom stereocenters. The molecule has 1 saturated carbocycles. The Morgan fingerprint density at radius 2 is 2.14 bits per heavy atom. The lowest BCUT2D eigenvalue weighted by molar-refractivity contribution is 0.151. The molecule has 0 radical (unpaired) electrons. The molecule has 0 amide bonds. The lowest BCUT2D eigenvalue weighted by Crippen LogP contribution is -2.10. The maximum Gasteiger partial charge on any atom is 0.143 e. The van der Waals surface area contributed by atoms with Crippen LogP contribution in [0.4, 0.5) is 4.39 Å². The van der Waals surface area contributed by atoms with Crippen LogP contribution in [0.15, 0.2) is 16.6 Å². The molecular weight excluding hydrogens is 270 g/mol. The van der Waals surface area contributed by atoms with Gasteiger partial charge in [-0.1, -0.05) is 11.6 Å². The molecule has 0 unspecified atom stereocenters. The predicted molar refractivity (Wildman–Crippen MR) is 57.0 cm³/mol. The van der Waals surface area contributed by atoms with E-state index in [1.165, 1.54) is 6.07 Å². The Labute approximate surface area is 95.0 Å². The molecule has 14 heavy (non-hydrogen) atoms. The zero-order valence-electron chi connectivity index (χ0n) is 7.36. The Morgan fingerprint density at radius 1 is 1.50 bits per heavy atom.